The largest absolute Gasteiger partial charge is 0.459 e. The first kappa shape index (κ1) is 16.4. The van der Waals surface area contributed by atoms with Crippen molar-refractivity contribution in [1.82, 2.24) is 10.3 Å². The summed E-state index contributed by atoms with van der Waals surface area (Å²) in [7, 11) is 0. The Morgan fingerprint density at radius 3 is 2.75 bits per heavy atom. The van der Waals surface area contributed by atoms with Crippen LogP contribution in [0.15, 0.2) is 52.3 Å². The Labute approximate surface area is 144 Å². The van der Waals surface area contributed by atoms with E-state index in [1.165, 1.54) is 11.3 Å². The van der Waals surface area contributed by atoms with Crippen LogP contribution in [0, 0.1) is 6.92 Å². The molecule has 3 rings (SSSR count). The van der Waals surface area contributed by atoms with Crippen molar-refractivity contribution in [2.75, 3.05) is 6.61 Å². The van der Waals surface area contributed by atoms with Crippen LogP contribution in [0.5, 0.6) is 0 Å². The summed E-state index contributed by atoms with van der Waals surface area (Å²) < 4.78 is 5.54. The van der Waals surface area contributed by atoms with E-state index in [9.17, 15) is 9.90 Å². The molecule has 1 aromatic carbocycles. The lowest BCUT2D eigenvalue weighted by molar-refractivity contribution is -0.121. The zero-order valence-electron chi connectivity index (χ0n) is 13.2. The van der Waals surface area contributed by atoms with Gasteiger partial charge in [0.15, 0.2) is 10.8 Å². The molecule has 6 heteroatoms. The molecule has 0 aliphatic heterocycles. The zero-order chi connectivity index (χ0) is 16.9. The maximum absolute atomic E-state index is 12.2. The lowest BCUT2D eigenvalue weighted by atomic mass is 10.1. The highest BCUT2D eigenvalue weighted by Crippen LogP contribution is 2.25. The summed E-state index contributed by atoms with van der Waals surface area (Å²) >= 11 is 1.44. The maximum Gasteiger partial charge on any atom is 0.226 e. The Balaban J connectivity index is 1.63. The zero-order valence-corrected chi connectivity index (χ0v) is 14.0. The van der Waals surface area contributed by atoms with Gasteiger partial charge in [0.25, 0.3) is 0 Å². The van der Waals surface area contributed by atoms with Gasteiger partial charge in [0.2, 0.25) is 5.91 Å². The lowest BCUT2D eigenvalue weighted by Crippen LogP contribution is -2.32. The van der Waals surface area contributed by atoms with Crippen molar-refractivity contribution in [1.29, 1.82) is 0 Å². The molecule has 1 amide bonds. The predicted molar refractivity (Wildman–Crippen MR) is 92.7 cm³/mol. The van der Waals surface area contributed by atoms with E-state index >= 15 is 0 Å². The van der Waals surface area contributed by atoms with Crippen LogP contribution in [0.2, 0.25) is 0 Å². The highest BCUT2D eigenvalue weighted by molar-refractivity contribution is 7.13. The molecule has 2 aromatic heterocycles. The fraction of sp³-hybridized carbons (Fsp3) is 0.222. The number of benzene rings is 1. The third-order valence-electron chi connectivity index (χ3n) is 3.56. The van der Waals surface area contributed by atoms with Crippen LogP contribution in [0.1, 0.15) is 23.1 Å². The summed E-state index contributed by atoms with van der Waals surface area (Å²) in [5, 5.41) is 15.0. The number of aromatic nitrogens is 1. The van der Waals surface area contributed by atoms with E-state index in [0.717, 1.165) is 16.3 Å². The van der Waals surface area contributed by atoms with Gasteiger partial charge in [-0.1, -0.05) is 30.3 Å². The number of nitrogens with zero attached hydrogens (tertiary/aromatic N) is 1. The number of hydrogen-bond donors (Lipinski definition) is 2. The highest BCUT2D eigenvalue weighted by atomic mass is 32.1. The van der Waals surface area contributed by atoms with Crippen LogP contribution >= 0.6 is 11.3 Å². The van der Waals surface area contributed by atoms with Crippen LogP contribution in [-0.4, -0.2) is 22.6 Å². The third-order valence-corrected chi connectivity index (χ3v) is 4.47. The number of thiazole rings is 1. The molecule has 124 valence electrons. The van der Waals surface area contributed by atoms with Crippen molar-refractivity contribution < 1.29 is 14.3 Å². The minimum absolute atomic E-state index is 0.149. The molecule has 0 bridgehead atoms. The smallest absolute Gasteiger partial charge is 0.226 e. The molecule has 0 aliphatic carbocycles. The first-order chi connectivity index (χ1) is 11.7. The van der Waals surface area contributed by atoms with Gasteiger partial charge in [0.05, 0.1) is 24.8 Å². The highest BCUT2D eigenvalue weighted by Gasteiger charge is 2.15. The van der Waals surface area contributed by atoms with Crippen LogP contribution < -0.4 is 5.32 Å². The predicted octanol–water partition coefficient (Wildman–Crippen LogP) is 3.10. The SMILES string of the molecule is Cc1ccc(-c2nc(CC(=O)NC(CO)c3ccccc3)cs2)o1. The van der Waals surface area contributed by atoms with E-state index in [1.807, 2.05) is 54.8 Å². The minimum Gasteiger partial charge on any atom is -0.459 e. The number of rotatable bonds is 6. The molecule has 2 N–H and O–H groups in total. The number of amides is 1. The van der Waals surface area contributed by atoms with Crippen LogP contribution in [0.3, 0.4) is 0 Å². The standard InChI is InChI=1S/C18H18N2O3S/c1-12-7-8-16(23-12)18-19-14(11-24-18)9-17(22)20-15(10-21)13-5-3-2-4-6-13/h2-8,11,15,21H,9-10H2,1H3,(H,20,22). The van der Waals surface area contributed by atoms with E-state index in [0.29, 0.717) is 11.5 Å². The van der Waals surface area contributed by atoms with Gasteiger partial charge in [-0.15, -0.1) is 11.3 Å². The van der Waals surface area contributed by atoms with Crippen LogP contribution in [-0.2, 0) is 11.2 Å². The number of hydrogen-bond acceptors (Lipinski definition) is 5. The quantitative estimate of drug-likeness (QED) is 0.722. The van der Waals surface area contributed by atoms with Gasteiger partial charge in [0.1, 0.15) is 5.76 Å². The fourth-order valence-corrected chi connectivity index (χ4v) is 3.16. The molecule has 24 heavy (non-hydrogen) atoms. The molecule has 0 saturated heterocycles. The minimum atomic E-state index is -0.412. The second-order valence-corrected chi connectivity index (χ2v) is 6.30. The van der Waals surface area contributed by atoms with Crippen molar-refractivity contribution in [3.8, 4) is 10.8 Å². The summed E-state index contributed by atoms with van der Waals surface area (Å²) in [4.78, 5) is 16.7. The summed E-state index contributed by atoms with van der Waals surface area (Å²) in [5.74, 6) is 1.36. The average Bonchev–Trinajstić information content (AvgIpc) is 3.22. The maximum atomic E-state index is 12.2. The number of aryl methyl sites for hydroxylation is 1. The Morgan fingerprint density at radius 1 is 1.29 bits per heavy atom. The Kier molecular flexibility index (Phi) is 5.08. The van der Waals surface area contributed by atoms with E-state index < -0.39 is 6.04 Å². The van der Waals surface area contributed by atoms with Crippen molar-refractivity contribution in [3.63, 3.8) is 0 Å². The lowest BCUT2D eigenvalue weighted by Gasteiger charge is -2.16. The number of carbonyl (C=O) groups excluding carboxylic acids is 1. The first-order valence-electron chi connectivity index (χ1n) is 7.62. The van der Waals surface area contributed by atoms with Gasteiger partial charge in [-0.05, 0) is 24.6 Å². The Hall–Kier alpha value is -2.44. The normalized spacial score (nSPS) is 12.1. The second kappa shape index (κ2) is 7.42. The molecule has 5 nitrogen and oxygen atoms in total. The van der Waals surface area contributed by atoms with E-state index in [-0.39, 0.29) is 18.9 Å². The molecular weight excluding hydrogens is 324 g/mol. The second-order valence-electron chi connectivity index (χ2n) is 5.44. The monoisotopic (exact) mass is 342 g/mol. The van der Waals surface area contributed by atoms with Gasteiger partial charge in [0, 0.05) is 5.38 Å². The number of carbonyl (C=O) groups is 1. The molecule has 0 fully saturated rings. The van der Waals surface area contributed by atoms with E-state index in [2.05, 4.69) is 10.3 Å². The molecule has 1 unspecified atom stereocenters. The first-order valence-corrected chi connectivity index (χ1v) is 8.50. The molecule has 0 saturated carbocycles. The third kappa shape index (κ3) is 3.90. The van der Waals surface area contributed by atoms with Crippen molar-refractivity contribution in [2.24, 2.45) is 0 Å². The molecule has 2 heterocycles. The number of aliphatic hydroxyl groups is 1. The summed E-state index contributed by atoms with van der Waals surface area (Å²) in [6.07, 6.45) is 0.166. The summed E-state index contributed by atoms with van der Waals surface area (Å²) in [6.45, 7) is 1.73. The van der Waals surface area contributed by atoms with E-state index in [1.54, 1.807) is 0 Å². The van der Waals surface area contributed by atoms with Gasteiger partial charge >= 0.3 is 0 Å². The summed E-state index contributed by atoms with van der Waals surface area (Å²) in [5.41, 5.74) is 1.56. The van der Waals surface area contributed by atoms with E-state index in [4.69, 9.17) is 4.42 Å². The average molecular weight is 342 g/mol. The Bertz CT molecular complexity index is 811. The number of furan rings is 1. The van der Waals surface area contributed by atoms with Gasteiger partial charge in [-0.25, -0.2) is 4.98 Å². The summed E-state index contributed by atoms with van der Waals surface area (Å²) in [6, 6.07) is 12.7. The number of nitrogens with one attached hydrogen (secondary N) is 1. The molecule has 3 aromatic rings. The molecular formula is C18H18N2O3S. The molecule has 0 radical (unpaired) electrons. The van der Waals surface area contributed by atoms with Gasteiger partial charge < -0.3 is 14.8 Å². The van der Waals surface area contributed by atoms with Gasteiger partial charge in [-0.2, -0.15) is 0 Å². The van der Waals surface area contributed by atoms with Crippen LogP contribution in [0.4, 0.5) is 0 Å². The van der Waals surface area contributed by atoms with Crippen molar-refractivity contribution >= 4 is 17.2 Å². The molecule has 0 spiro atoms. The van der Waals surface area contributed by atoms with Crippen molar-refractivity contribution in [3.05, 3.63) is 64.9 Å². The topological polar surface area (TPSA) is 75.4 Å². The van der Waals surface area contributed by atoms with Crippen molar-refractivity contribution in [2.45, 2.75) is 19.4 Å². The Morgan fingerprint density at radius 2 is 2.08 bits per heavy atom. The van der Waals surface area contributed by atoms with Crippen LogP contribution in [0.25, 0.3) is 10.8 Å². The molecule has 1 atom stereocenters. The van der Waals surface area contributed by atoms with Gasteiger partial charge in [-0.3, -0.25) is 4.79 Å². The fourth-order valence-electron chi connectivity index (χ4n) is 2.38. The molecule has 0 aliphatic rings. The number of aliphatic hydroxyl groups excluding tert-OH is 1.